The number of urea groups is 1. The molecule has 2 aliphatic carbocycles. The zero-order valence-corrected chi connectivity index (χ0v) is 18.5. The molecule has 5 rings (SSSR count). The Morgan fingerprint density at radius 3 is 2.55 bits per heavy atom. The van der Waals surface area contributed by atoms with E-state index in [1.54, 1.807) is 18.5 Å². The van der Waals surface area contributed by atoms with E-state index >= 15 is 0 Å². The second-order valence-corrected chi connectivity index (χ2v) is 8.68. The number of rotatable bonds is 5. The van der Waals surface area contributed by atoms with Crippen LogP contribution in [-0.2, 0) is 0 Å². The minimum absolute atomic E-state index is 0.0690. The van der Waals surface area contributed by atoms with Crippen LogP contribution < -0.4 is 10.1 Å². The molecule has 2 atom stereocenters. The molecule has 1 aromatic carbocycles. The molecular formula is C27H28N4O2. The fourth-order valence-corrected chi connectivity index (χ4v) is 4.41. The first kappa shape index (κ1) is 21.2. The van der Waals surface area contributed by atoms with Gasteiger partial charge >= 0.3 is 12.0 Å². The minimum Gasteiger partial charge on any atom is -0.424 e. The lowest BCUT2D eigenvalue weighted by Gasteiger charge is -2.29. The Kier molecular flexibility index (Phi) is 6.33. The number of carbonyl (C=O) groups is 1. The molecule has 1 unspecified atom stereocenters. The monoisotopic (exact) mass is 440 g/mol. The van der Waals surface area contributed by atoms with Gasteiger partial charge in [-0.25, -0.2) is 14.8 Å². The minimum atomic E-state index is 0.0690. The predicted molar refractivity (Wildman–Crippen MR) is 129 cm³/mol. The van der Waals surface area contributed by atoms with Crippen LogP contribution in [0.5, 0.6) is 11.8 Å². The average Bonchev–Trinajstić information content (AvgIpc) is 3.63. The summed E-state index contributed by atoms with van der Waals surface area (Å²) in [6, 6.07) is 10.4. The van der Waals surface area contributed by atoms with Gasteiger partial charge < -0.3 is 15.0 Å². The second-order valence-electron chi connectivity index (χ2n) is 8.68. The van der Waals surface area contributed by atoms with Crippen LogP contribution in [0.3, 0.4) is 0 Å². The zero-order valence-electron chi connectivity index (χ0n) is 18.5. The third kappa shape index (κ3) is 5.58. The molecule has 1 aromatic heterocycles. The highest BCUT2D eigenvalue weighted by atomic mass is 16.5. The van der Waals surface area contributed by atoms with Gasteiger partial charge in [0.25, 0.3) is 0 Å². The molecule has 1 N–H and O–H groups in total. The van der Waals surface area contributed by atoms with Crippen LogP contribution in [0.25, 0.3) is 6.08 Å². The third-order valence-corrected chi connectivity index (χ3v) is 6.32. The lowest BCUT2D eigenvalue weighted by Crippen LogP contribution is -2.44. The van der Waals surface area contributed by atoms with Crippen LogP contribution in [0.1, 0.15) is 24.8 Å². The lowest BCUT2D eigenvalue weighted by molar-refractivity contribution is 0.192. The van der Waals surface area contributed by atoms with Crippen LogP contribution in [0.2, 0.25) is 0 Å². The van der Waals surface area contributed by atoms with Gasteiger partial charge in [0.1, 0.15) is 5.75 Å². The first-order valence-corrected chi connectivity index (χ1v) is 11.6. The van der Waals surface area contributed by atoms with Crippen molar-refractivity contribution >= 4 is 12.1 Å². The normalized spacial score (nSPS) is 22.1. The van der Waals surface area contributed by atoms with Crippen LogP contribution in [0, 0.1) is 11.8 Å². The van der Waals surface area contributed by atoms with E-state index in [1.807, 2.05) is 35.3 Å². The Morgan fingerprint density at radius 2 is 1.79 bits per heavy atom. The third-order valence-electron chi connectivity index (χ3n) is 6.32. The van der Waals surface area contributed by atoms with Gasteiger partial charge in [0.15, 0.2) is 0 Å². The summed E-state index contributed by atoms with van der Waals surface area (Å²) in [6.45, 7) is 1.49. The molecule has 1 aliphatic heterocycles. The first-order valence-electron chi connectivity index (χ1n) is 11.6. The van der Waals surface area contributed by atoms with E-state index in [4.69, 9.17) is 4.74 Å². The van der Waals surface area contributed by atoms with Gasteiger partial charge in [-0.05, 0) is 48.9 Å². The Hall–Kier alpha value is -3.67. The Labute approximate surface area is 194 Å². The van der Waals surface area contributed by atoms with Crippen LogP contribution in [0.15, 0.2) is 84.8 Å². The molecule has 2 fully saturated rings. The smallest absolute Gasteiger partial charge is 0.321 e. The molecule has 2 amide bonds. The highest BCUT2D eigenvalue weighted by molar-refractivity contribution is 5.75. The molecule has 3 aliphatic rings. The van der Waals surface area contributed by atoms with Crippen molar-refractivity contribution in [2.24, 2.45) is 11.8 Å². The topological polar surface area (TPSA) is 67.4 Å². The highest BCUT2D eigenvalue weighted by Crippen LogP contribution is 2.39. The molecule has 0 bridgehead atoms. The summed E-state index contributed by atoms with van der Waals surface area (Å²) in [5.41, 5.74) is 2.42. The summed E-state index contributed by atoms with van der Waals surface area (Å²) < 4.78 is 5.73. The number of nitrogens with one attached hydrogen (secondary N) is 1. The number of piperidine rings is 1. The molecule has 1 saturated carbocycles. The van der Waals surface area contributed by atoms with Gasteiger partial charge in [-0.1, -0.05) is 60.2 Å². The molecule has 168 valence electrons. The molecule has 6 nitrogen and oxygen atoms in total. The average molecular weight is 441 g/mol. The van der Waals surface area contributed by atoms with E-state index < -0.39 is 0 Å². The van der Waals surface area contributed by atoms with Crippen molar-refractivity contribution < 1.29 is 9.53 Å². The predicted octanol–water partition coefficient (Wildman–Crippen LogP) is 5.14. The SMILES string of the molecule is O=C(N[C@@H]1CC1C1C=CC=CC=C1)N1CCC(=Cc2cccc(Oc3ncccn3)c2)CC1. The molecule has 1 saturated heterocycles. The maximum absolute atomic E-state index is 12.7. The number of likely N-dealkylation sites (tertiary alicyclic amines) is 1. The Balaban J connectivity index is 1.11. The van der Waals surface area contributed by atoms with E-state index in [1.165, 1.54) is 5.57 Å². The van der Waals surface area contributed by atoms with E-state index in [0.717, 1.165) is 37.9 Å². The van der Waals surface area contributed by atoms with E-state index in [9.17, 15) is 4.79 Å². The number of ether oxygens (including phenoxy) is 1. The number of benzene rings is 1. The molecule has 33 heavy (non-hydrogen) atoms. The summed E-state index contributed by atoms with van der Waals surface area (Å²) in [7, 11) is 0. The quantitative estimate of drug-likeness (QED) is 0.699. The van der Waals surface area contributed by atoms with Crippen molar-refractivity contribution in [3.8, 4) is 11.8 Å². The number of carbonyl (C=O) groups excluding carboxylic acids is 1. The number of aromatic nitrogens is 2. The number of allylic oxidation sites excluding steroid dienone is 6. The number of hydrogen-bond donors (Lipinski definition) is 1. The van der Waals surface area contributed by atoms with Crippen molar-refractivity contribution in [3.05, 3.63) is 90.3 Å². The molecule has 0 radical (unpaired) electrons. The zero-order chi connectivity index (χ0) is 22.5. The van der Waals surface area contributed by atoms with Crippen LogP contribution in [-0.4, -0.2) is 40.0 Å². The number of hydrogen-bond acceptors (Lipinski definition) is 4. The van der Waals surface area contributed by atoms with E-state index in [-0.39, 0.29) is 12.1 Å². The first-order chi connectivity index (χ1) is 16.2. The molecule has 2 aromatic rings. The Morgan fingerprint density at radius 1 is 1.03 bits per heavy atom. The van der Waals surface area contributed by atoms with E-state index in [2.05, 4.69) is 51.7 Å². The standard InChI is InChI=1S/C27H28N4O2/c32-27(30-25-19-24(25)22-8-3-1-2-4-9-22)31-15-11-20(12-16-31)17-21-7-5-10-23(18-21)33-26-28-13-6-14-29-26/h1-10,13-14,17-18,22,24-25H,11-12,15-16,19H2,(H,30,32)/t24?,25-/m1/s1. The summed E-state index contributed by atoms with van der Waals surface area (Å²) in [6.07, 6.45) is 21.1. The molecule has 2 heterocycles. The van der Waals surface area contributed by atoms with Gasteiger partial charge in [-0.15, -0.1) is 0 Å². The number of nitrogens with zero attached hydrogens (tertiary/aromatic N) is 3. The molecule has 0 spiro atoms. The van der Waals surface area contributed by atoms with Crippen molar-refractivity contribution in [3.63, 3.8) is 0 Å². The van der Waals surface area contributed by atoms with E-state index in [0.29, 0.717) is 23.6 Å². The van der Waals surface area contributed by atoms with Gasteiger partial charge in [-0.3, -0.25) is 0 Å². The van der Waals surface area contributed by atoms with Crippen LogP contribution >= 0.6 is 0 Å². The highest BCUT2D eigenvalue weighted by Gasteiger charge is 2.42. The van der Waals surface area contributed by atoms with Gasteiger partial charge in [0.2, 0.25) is 0 Å². The maximum atomic E-state index is 12.7. The molecule has 6 heteroatoms. The van der Waals surface area contributed by atoms with Gasteiger partial charge in [0.05, 0.1) is 0 Å². The lowest BCUT2D eigenvalue weighted by atomic mass is 10.0. The fraction of sp³-hybridized carbons (Fsp3) is 0.296. The Bertz CT molecular complexity index is 1080. The van der Waals surface area contributed by atoms with Gasteiger partial charge in [0, 0.05) is 37.4 Å². The number of amides is 2. The van der Waals surface area contributed by atoms with Crippen molar-refractivity contribution in [2.45, 2.75) is 25.3 Å². The van der Waals surface area contributed by atoms with Crippen molar-refractivity contribution in [2.75, 3.05) is 13.1 Å². The second kappa shape index (κ2) is 9.86. The van der Waals surface area contributed by atoms with Crippen molar-refractivity contribution in [1.29, 1.82) is 0 Å². The maximum Gasteiger partial charge on any atom is 0.321 e. The summed E-state index contributed by atoms with van der Waals surface area (Å²) >= 11 is 0. The summed E-state index contributed by atoms with van der Waals surface area (Å²) in [4.78, 5) is 22.9. The summed E-state index contributed by atoms with van der Waals surface area (Å²) in [5.74, 6) is 1.63. The van der Waals surface area contributed by atoms with Crippen molar-refractivity contribution in [1.82, 2.24) is 20.2 Å². The van der Waals surface area contributed by atoms with Gasteiger partial charge in [-0.2, -0.15) is 0 Å². The summed E-state index contributed by atoms with van der Waals surface area (Å²) in [5, 5.41) is 3.24. The van der Waals surface area contributed by atoms with Crippen LogP contribution in [0.4, 0.5) is 4.79 Å². The largest absolute Gasteiger partial charge is 0.424 e. The fourth-order valence-electron chi connectivity index (χ4n) is 4.41. The molecular weight excluding hydrogens is 412 g/mol.